The molecule has 0 aromatic heterocycles. The van der Waals surface area contributed by atoms with E-state index in [1.54, 1.807) is 13.0 Å². The van der Waals surface area contributed by atoms with Gasteiger partial charge in [-0.1, -0.05) is 12.1 Å². The summed E-state index contributed by atoms with van der Waals surface area (Å²) < 4.78 is 60.9. The minimum Gasteiger partial charge on any atom is -0.481 e. The molecule has 0 amide bonds. The van der Waals surface area contributed by atoms with Crippen LogP contribution in [0.5, 0.6) is 0 Å². The van der Waals surface area contributed by atoms with Gasteiger partial charge in [-0.15, -0.1) is 0 Å². The molecule has 0 heterocycles. The Kier molecular flexibility index (Phi) is 4.24. The van der Waals surface area contributed by atoms with Crippen molar-refractivity contribution in [3.05, 3.63) is 29.8 Å². The Morgan fingerprint density at radius 3 is 2.37 bits per heavy atom. The Morgan fingerprint density at radius 2 is 1.95 bits per heavy atom. The maximum absolute atomic E-state index is 12.5. The molecule has 1 N–H and O–H groups in total. The second-order valence-corrected chi connectivity index (χ2v) is 6.06. The van der Waals surface area contributed by atoms with Gasteiger partial charge < -0.3 is 5.11 Å². The van der Waals surface area contributed by atoms with E-state index >= 15 is 0 Å². The smallest absolute Gasteiger partial charge is 0.403 e. The van der Waals surface area contributed by atoms with E-state index in [4.69, 9.17) is 5.11 Å². The SMILES string of the molecule is Cc1cccc(S(=O)(=O)CC(C(=O)O)C(F)(F)F)c1. The van der Waals surface area contributed by atoms with Crippen molar-refractivity contribution < 1.29 is 31.5 Å². The van der Waals surface area contributed by atoms with E-state index < -0.39 is 33.7 Å². The van der Waals surface area contributed by atoms with Crippen molar-refractivity contribution in [3.8, 4) is 0 Å². The fourth-order valence-corrected chi connectivity index (χ4v) is 3.04. The third-order valence-electron chi connectivity index (χ3n) is 2.43. The van der Waals surface area contributed by atoms with Crippen molar-refractivity contribution in [2.45, 2.75) is 18.0 Å². The van der Waals surface area contributed by atoms with Gasteiger partial charge in [0.05, 0.1) is 10.6 Å². The lowest BCUT2D eigenvalue weighted by Gasteiger charge is -2.16. The fraction of sp³-hybridized carbons (Fsp3) is 0.364. The molecule has 1 atom stereocenters. The lowest BCUT2D eigenvalue weighted by atomic mass is 10.2. The maximum atomic E-state index is 12.5. The average Bonchev–Trinajstić information content (AvgIpc) is 2.24. The number of carboxylic acids is 1. The van der Waals surface area contributed by atoms with Crippen LogP contribution in [0, 0.1) is 12.8 Å². The highest BCUT2D eigenvalue weighted by Crippen LogP contribution is 2.29. The quantitative estimate of drug-likeness (QED) is 0.923. The first-order chi connectivity index (χ1) is 8.54. The van der Waals surface area contributed by atoms with E-state index in [1.807, 2.05) is 0 Å². The van der Waals surface area contributed by atoms with Gasteiger partial charge in [0.1, 0.15) is 0 Å². The summed E-state index contributed by atoms with van der Waals surface area (Å²) in [6.45, 7) is 1.58. The summed E-state index contributed by atoms with van der Waals surface area (Å²) in [4.78, 5) is 10.2. The van der Waals surface area contributed by atoms with Crippen LogP contribution in [-0.2, 0) is 14.6 Å². The summed E-state index contributed by atoms with van der Waals surface area (Å²) in [5.41, 5.74) is 0.556. The topological polar surface area (TPSA) is 71.4 Å². The third-order valence-corrected chi connectivity index (χ3v) is 4.17. The van der Waals surface area contributed by atoms with Crippen molar-refractivity contribution in [1.82, 2.24) is 0 Å². The molecule has 0 saturated carbocycles. The van der Waals surface area contributed by atoms with Crippen LogP contribution in [0.15, 0.2) is 29.2 Å². The largest absolute Gasteiger partial charge is 0.481 e. The van der Waals surface area contributed by atoms with E-state index in [0.717, 1.165) is 6.07 Å². The van der Waals surface area contributed by atoms with Crippen LogP contribution in [0.3, 0.4) is 0 Å². The van der Waals surface area contributed by atoms with Crippen LogP contribution in [-0.4, -0.2) is 31.4 Å². The molecule has 1 aromatic rings. The number of hydrogen-bond donors (Lipinski definition) is 1. The van der Waals surface area contributed by atoms with Crippen molar-refractivity contribution >= 4 is 15.8 Å². The molecule has 0 fully saturated rings. The molecular formula is C11H11F3O4S. The molecule has 1 rings (SSSR count). The maximum Gasteiger partial charge on any atom is 0.403 e. The molecule has 1 aromatic carbocycles. The Bertz CT molecular complexity index is 578. The number of rotatable bonds is 4. The Hall–Kier alpha value is -1.57. The van der Waals surface area contributed by atoms with Gasteiger partial charge in [-0.05, 0) is 24.6 Å². The summed E-state index contributed by atoms with van der Waals surface area (Å²) >= 11 is 0. The van der Waals surface area contributed by atoms with Crippen molar-refractivity contribution in [2.75, 3.05) is 5.75 Å². The average molecular weight is 296 g/mol. The van der Waals surface area contributed by atoms with Gasteiger partial charge in [0.2, 0.25) is 0 Å². The second-order valence-electron chi connectivity index (χ2n) is 4.03. The predicted octanol–water partition coefficient (Wildman–Crippen LogP) is 2.03. The molecule has 0 aliphatic carbocycles. The summed E-state index contributed by atoms with van der Waals surface area (Å²) in [6.07, 6.45) is -5.11. The molecule has 0 bridgehead atoms. The van der Waals surface area contributed by atoms with Gasteiger partial charge in [-0.2, -0.15) is 13.2 Å². The number of benzene rings is 1. The van der Waals surface area contributed by atoms with E-state index in [0.29, 0.717) is 5.56 Å². The second kappa shape index (κ2) is 5.20. The number of aryl methyl sites for hydroxylation is 1. The monoisotopic (exact) mass is 296 g/mol. The highest BCUT2D eigenvalue weighted by atomic mass is 32.2. The molecule has 8 heteroatoms. The minimum absolute atomic E-state index is 0.317. The minimum atomic E-state index is -5.11. The molecule has 0 spiro atoms. The first kappa shape index (κ1) is 15.5. The Labute approximate surface area is 107 Å². The Morgan fingerprint density at radius 1 is 1.37 bits per heavy atom. The van der Waals surface area contributed by atoms with Crippen molar-refractivity contribution in [3.63, 3.8) is 0 Å². The highest BCUT2D eigenvalue weighted by molar-refractivity contribution is 7.91. The van der Waals surface area contributed by atoms with Gasteiger partial charge in [-0.25, -0.2) is 8.42 Å². The summed E-state index contributed by atoms with van der Waals surface area (Å²) in [5, 5.41) is 8.49. The standard InChI is InChI=1S/C11H11F3O4S/c1-7-3-2-4-8(5-7)19(17,18)6-9(10(15)16)11(12,13)14/h2-5,9H,6H2,1H3,(H,15,16). The van der Waals surface area contributed by atoms with Gasteiger partial charge in [-0.3, -0.25) is 4.79 Å². The summed E-state index contributed by atoms with van der Waals surface area (Å²) in [6, 6.07) is 5.30. The van der Waals surface area contributed by atoms with Crippen LogP contribution in [0.4, 0.5) is 13.2 Å². The molecule has 4 nitrogen and oxygen atoms in total. The lowest BCUT2D eigenvalue weighted by Crippen LogP contribution is -2.36. The highest BCUT2D eigenvalue weighted by Gasteiger charge is 2.47. The van der Waals surface area contributed by atoms with E-state index in [2.05, 4.69) is 0 Å². The van der Waals surface area contributed by atoms with Crippen LogP contribution in [0.2, 0.25) is 0 Å². The fourth-order valence-electron chi connectivity index (χ4n) is 1.43. The molecule has 19 heavy (non-hydrogen) atoms. The molecule has 106 valence electrons. The van der Waals surface area contributed by atoms with E-state index in [1.165, 1.54) is 12.1 Å². The zero-order valence-electron chi connectivity index (χ0n) is 9.81. The molecule has 1 unspecified atom stereocenters. The number of halogens is 3. The molecule has 0 saturated heterocycles. The van der Waals surface area contributed by atoms with Gasteiger partial charge in [0.15, 0.2) is 15.8 Å². The molecule has 0 aliphatic rings. The molecular weight excluding hydrogens is 285 g/mol. The normalized spacial score (nSPS) is 14.1. The van der Waals surface area contributed by atoms with E-state index in [-0.39, 0.29) is 4.90 Å². The summed E-state index contributed by atoms with van der Waals surface area (Å²) in [5.74, 6) is -6.64. The first-order valence-corrected chi connectivity index (χ1v) is 6.78. The van der Waals surface area contributed by atoms with Crippen LogP contribution in [0.1, 0.15) is 5.56 Å². The number of sulfone groups is 1. The third kappa shape index (κ3) is 3.95. The van der Waals surface area contributed by atoms with Crippen molar-refractivity contribution in [2.24, 2.45) is 5.92 Å². The zero-order chi connectivity index (χ0) is 14.8. The number of aliphatic carboxylic acids is 1. The van der Waals surface area contributed by atoms with Gasteiger partial charge in [0, 0.05) is 0 Å². The predicted molar refractivity (Wildman–Crippen MR) is 60.4 cm³/mol. The van der Waals surface area contributed by atoms with E-state index in [9.17, 15) is 26.4 Å². The van der Waals surface area contributed by atoms with Gasteiger partial charge >= 0.3 is 12.1 Å². The van der Waals surface area contributed by atoms with Crippen LogP contribution >= 0.6 is 0 Å². The number of carbonyl (C=O) groups is 1. The lowest BCUT2D eigenvalue weighted by molar-refractivity contribution is -0.189. The van der Waals surface area contributed by atoms with Gasteiger partial charge in [0.25, 0.3) is 0 Å². The molecule has 0 aliphatic heterocycles. The number of alkyl halides is 3. The molecule has 0 radical (unpaired) electrons. The van der Waals surface area contributed by atoms with Crippen LogP contribution in [0.25, 0.3) is 0 Å². The number of carboxylic acid groups (broad SMARTS) is 1. The first-order valence-electron chi connectivity index (χ1n) is 5.13. The zero-order valence-corrected chi connectivity index (χ0v) is 10.6. The number of hydrogen-bond acceptors (Lipinski definition) is 3. The van der Waals surface area contributed by atoms with Crippen molar-refractivity contribution in [1.29, 1.82) is 0 Å². The van der Waals surface area contributed by atoms with Crippen LogP contribution < -0.4 is 0 Å². The Balaban J connectivity index is 3.12. The summed E-state index contributed by atoms with van der Waals surface area (Å²) in [7, 11) is -4.31.